The first-order valence-corrected chi connectivity index (χ1v) is 12.8. The van der Waals surface area contributed by atoms with Gasteiger partial charge in [-0.1, -0.05) is 35.9 Å². The number of halogens is 1. The van der Waals surface area contributed by atoms with Crippen LogP contribution in [-0.2, 0) is 6.54 Å². The number of thiophene rings is 1. The predicted octanol–water partition coefficient (Wildman–Crippen LogP) is 6.22. The van der Waals surface area contributed by atoms with Gasteiger partial charge in [0.05, 0.1) is 35.9 Å². The summed E-state index contributed by atoms with van der Waals surface area (Å²) >= 11 is 7.46. The molecule has 0 fully saturated rings. The number of ether oxygens (including phenoxy) is 1. The molecule has 0 aliphatic rings. The molecule has 1 N–H and O–H groups in total. The van der Waals surface area contributed by atoms with Crippen LogP contribution in [-0.4, -0.2) is 33.3 Å². The van der Waals surface area contributed by atoms with Gasteiger partial charge in [0.1, 0.15) is 16.8 Å². The van der Waals surface area contributed by atoms with Crippen molar-refractivity contribution in [2.75, 3.05) is 19.5 Å². The number of fused-ring (bicyclic) bond motifs is 2. The molecule has 0 unspecified atom stereocenters. The topological polar surface area (TPSA) is 74.0 Å². The summed E-state index contributed by atoms with van der Waals surface area (Å²) in [4.78, 5) is 23.8. The van der Waals surface area contributed by atoms with Crippen LogP contribution >= 0.6 is 22.9 Å². The SMILES string of the molecule is CNc1nc2cc(-n3cnc4cc(-c5ccc(Cl)cc5)sc4c3=O)ccc2n1Cc1ccc(OC)cc1. The van der Waals surface area contributed by atoms with Crippen molar-refractivity contribution in [3.8, 4) is 21.9 Å². The number of methoxy groups -OCH3 is 1. The van der Waals surface area contributed by atoms with E-state index in [1.165, 1.54) is 11.3 Å². The van der Waals surface area contributed by atoms with Crippen molar-refractivity contribution in [3.05, 3.63) is 100 Å². The van der Waals surface area contributed by atoms with Crippen LogP contribution in [0.25, 0.3) is 37.4 Å². The summed E-state index contributed by atoms with van der Waals surface area (Å²) in [5, 5.41) is 3.86. The Balaban J connectivity index is 1.38. The highest BCUT2D eigenvalue weighted by Crippen LogP contribution is 2.32. The number of anilines is 1. The predicted molar refractivity (Wildman–Crippen MR) is 151 cm³/mol. The summed E-state index contributed by atoms with van der Waals surface area (Å²) in [6.45, 7) is 0.645. The van der Waals surface area contributed by atoms with Crippen LogP contribution in [0.15, 0.2) is 83.9 Å². The summed E-state index contributed by atoms with van der Waals surface area (Å²) in [7, 11) is 3.51. The molecule has 9 heteroatoms. The summed E-state index contributed by atoms with van der Waals surface area (Å²) in [5.74, 6) is 1.56. The van der Waals surface area contributed by atoms with Crippen molar-refractivity contribution in [2.45, 2.75) is 6.54 Å². The first kappa shape index (κ1) is 23.3. The molecule has 6 rings (SSSR count). The van der Waals surface area contributed by atoms with Gasteiger partial charge in [0, 0.05) is 16.9 Å². The fourth-order valence-corrected chi connectivity index (χ4v) is 5.56. The molecular weight excluding hydrogens is 506 g/mol. The Morgan fingerprint density at radius 3 is 2.51 bits per heavy atom. The number of imidazole rings is 1. The monoisotopic (exact) mass is 527 g/mol. The zero-order chi connectivity index (χ0) is 25.5. The standard InChI is InChI=1S/C28H22ClN5O2S/c1-30-28-32-22-13-20(9-12-24(22)33(28)15-17-3-10-21(36-2)11-4-17)34-16-31-23-14-25(37-26(23)27(34)35)18-5-7-19(29)8-6-18/h3-14,16H,15H2,1-2H3,(H,30,32). The van der Waals surface area contributed by atoms with Crippen molar-refractivity contribution in [1.82, 2.24) is 19.1 Å². The van der Waals surface area contributed by atoms with Crippen molar-refractivity contribution < 1.29 is 4.74 Å². The lowest BCUT2D eigenvalue weighted by Gasteiger charge is -2.10. The minimum Gasteiger partial charge on any atom is -0.497 e. The molecule has 0 saturated carbocycles. The maximum atomic E-state index is 13.4. The lowest BCUT2D eigenvalue weighted by Crippen LogP contribution is -2.17. The summed E-state index contributed by atoms with van der Waals surface area (Å²) in [5.41, 5.74) is 5.16. The average Bonchev–Trinajstić information content (AvgIpc) is 3.51. The molecule has 0 atom stereocenters. The second-order valence-corrected chi connectivity index (χ2v) is 10.0. The van der Waals surface area contributed by atoms with E-state index in [4.69, 9.17) is 21.3 Å². The van der Waals surface area contributed by atoms with Crippen LogP contribution in [0.1, 0.15) is 5.56 Å². The van der Waals surface area contributed by atoms with Gasteiger partial charge in [-0.2, -0.15) is 0 Å². The number of rotatable bonds is 6. The van der Waals surface area contributed by atoms with Gasteiger partial charge in [-0.05, 0) is 59.7 Å². The Morgan fingerprint density at radius 2 is 1.78 bits per heavy atom. The summed E-state index contributed by atoms with van der Waals surface area (Å²) in [6.07, 6.45) is 1.58. The normalized spacial score (nSPS) is 11.3. The first-order chi connectivity index (χ1) is 18.0. The molecule has 37 heavy (non-hydrogen) atoms. The molecule has 0 spiro atoms. The van der Waals surface area contributed by atoms with Crippen molar-refractivity contribution in [3.63, 3.8) is 0 Å². The zero-order valence-electron chi connectivity index (χ0n) is 20.1. The van der Waals surface area contributed by atoms with Gasteiger partial charge in [-0.3, -0.25) is 9.36 Å². The van der Waals surface area contributed by atoms with E-state index in [1.807, 2.05) is 79.8 Å². The number of benzene rings is 3. The third-order valence-corrected chi connectivity index (χ3v) is 7.71. The zero-order valence-corrected chi connectivity index (χ0v) is 21.7. The fourth-order valence-electron chi connectivity index (χ4n) is 4.39. The molecule has 184 valence electrons. The highest BCUT2D eigenvalue weighted by atomic mass is 35.5. The molecule has 0 radical (unpaired) electrons. The van der Waals surface area contributed by atoms with Gasteiger partial charge in [0.2, 0.25) is 5.95 Å². The molecule has 0 bridgehead atoms. The average molecular weight is 528 g/mol. The molecule has 0 aliphatic heterocycles. The van der Waals surface area contributed by atoms with Gasteiger partial charge in [-0.15, -0.1) is 11.3 Å². The molecule has 3 heterocycles. The molecule has 0 saturated heterocycles. The minimum absolute atomic E-state index is 0.110. The van der Waals surface area contributed by atoms with Crippen LogP contribution in [0.2, 0.25) is 5.02 Å². The molecule has 3 aromatic carbocycles. The third-order valence-electron chi connectivity index (χ3n) is 6.30. The number of nitrogens with one attached hydrogen (secondary N) is 1. The number of hydrogen-bond donors (Lipinski definition) is 1. The van der Waals surface area contributed by atoms with Crippen LogP contribution in [0.3, 0.4) is 0 Å². The van der Waals surface area contributed by atoms with Crippen LogP contribution in [0.4, 0.5) is 5.95 Å². The van der Waals surface area contributed by atoms with Crippen molar-refractivity contribution >= 4 is 50.1 Å². The van der Waals surface area contributed by atoms with E-state index in [2.05, 4.69) is 14.9 Å². The number of hydrogen-bond acceptors (Lipinski definition) is 6. The van der Waals surface area contributed by atoms with Crippen LogP contribution in [0, 0.1) is 0 Å². The maximum Gasteiger partial charge on any atom is 0.275 e. The third kappa shape index (κ3) is 4.24. The maximum absolute atomic E-state index is 13.4. The summed E-state index contributed by atoms with van der Waals surface area (Å²) in [6, 6.07) is 23.3. The molecule has 0 aliphatic carbocycles. The van der Waals surface area contributed by atoms with E-state index in [0.717, 1.165) is 38.7 Å². The van der Waals surface area contributed by atoms with Gasteiger partial charge in [0.15, 0.2) is 0 Å². The molecule has 6 aromatic rings. The lowest BCUT2D eigenvalue weighted by molar-refractivity contribution is 0.414. The second-order valence-electron chi connectivity index (χ2n) is 8.54. The van der Waals surface area contributed by atoms with Crippen molar-refractivity contribution in [1.29, 1.82) is 0 Å². The Kier molecular flexibility index (Phi) is 5.90. The Hall–Kier alpha value is -4.14. The molecule has 0 amide bonds. The smallest absolute Gasteiger partial charge is 0.275 e. The highest BCUT2D eigenvalue weighted by molar-refractivity contribution is 7.22. The minimum atomic E-state index is -0.110. The van der Waals surface area contributed by atoms with Crippen LogP contribution < -0.4 is 15.6 Å². The fraction of sp³-hybridized carbons (Fsp3) is 0.107. The molecule has 7 nitrogen and oxygen atoms in total. The van der Waals surface area contributed by atoms with Gasteiger partial charge < -0.3 is 14.6 Å². The quantitative estimate of drug-likeness (QED) is 0.278. The second kappa shape index (κ2) is 9.38. The Labute approximate surface area is 221 Å². The lowest BCUT2D eigenvalue weighted by atomic mass is 10.2. The first-order valence-electron chi connectivity index (χ1n) is 11.6. The molecular formula is C28H22ClN5O2S. The van der Waals surface area contributed by atoms with E-state index in [0.29, 0.717) is 27.5 Å². The van der Waals surface area contributed by atoms with Crippen LogP contribution in [0.5, 0.6) is 5.75 Å². The van der Waals surface area contributed by atoms with E-state index >= 15 is 0 Å². The van der Waals surface area contributed by atoms with E-state index in [-0.39, 0.29) is 5.56 Å². The van der Waals surface area contributed by atoms with E-state index in [9.17, 15) is 4.79 Å². The summed E-state index contributed by atoms with van der Waals surface area (Å²) < 4.78 is 9.56. The number of nitrogens with zero attached hydrogens (tertiary/aromatic N) is 4. The van der Waals surface area contributed by atoms with Crippen molar-refractivity contribution in [2.24, 2.45) is 0 Å². The highest BCUT2D eigenvalue weighted by Gasteiger charge is 2.15. The molecule has 3 aromatic heterocycles. The van der Waals surface area contributed by atoms with Gasteiger partial charge in [0.25, 0.3) is 5.56 Å². The Bertz CT molecular complexity index is 1800. The van der Waals surface area contributed by atoms with Gasteiger partial charge in [-0.25, -0.2) is 9.97 Å². The van der Waals surface area contributed by atoms with E-state index in [1.54, 1.807) is 18.0 Å². The van der Waals surface area contributed by atoms with E-state index < -0.39 is 0 Å². The largest absolute Gasteiger partial charge is 0.497 e. The van der Waals surface area contributed by atoms with Gasteiger partial charge >= 0.3 is 0 Å². The Morgan fingerprint density at radius 1 is 1.00 bits per heavy atom. The number of aromatic nitrogens is 4.